The van der Waals surface area contributed by atoms with E-state index < -0.39 is 0 Å². The molecule has 1 unspecified atom stereocenters. The van der Waals surface area contributed by atoms with Gasteiger partial charge in [0.15, 0.2) is 0 Å². The molecule has 1 aromatic rings. The SMILES string of the molecule is CCC1C(=O)NC(=O)CN1Cc1cc(N)ccc1OC. The summed E-state index contributed by atoms with van der Waals surface area (Å²) in [6.45, 7) is 2.57. The Morgan fingerprint density at radius 2 is 2.20 bits per heavy atom. The van der Waals surface area contributed by atoms with Crippen molar-refractivity contribution in [2.24, 2.45) is 0 Å². The molecule has 0 bridgehead atoms. The Hall–Kier alpha value is -2.08. The van der Waals surface area contributed by atoms with Gasteiger partial charge >= 0.3 is 0 Å². The maximum absolute atomic E-state index is 11.8. The maximum Gasteiger partial charge on any atom is 0.243 e. The molecule has 0 saturated carbocycles. The minimum atomic E-state index is -0.307. The van der Waals surface area contributed by atoms with Crippen LogP contribution in [0.15, 0.2) is 18.2 Å². The first-order valence-electron chi connectivity index (χ1n) is 6.55. The number of ether oxygens (including phenoxy) is 1. The second kappa shape index (κ2) is 5.92. The third-order valence-corrected chi connectivity index (χ3v) is 3.42. The van der Waals surface area contributed by atoms with Gasteiger partial charge in [0.05, 0.1) is 19.7 Å². The van der Waals surface area contributed by atoms with Crippen molar-refractivity contribution in [3.63, 3.8) is 0 Å². The van der Waals surface area contributed by atoms with Gasteiger partial charge < -0.3 is 10.5 Å². The van der Waals surface area contributed by atoms with E-state index in [0.717, 1.165) is 5.56 Å². The molecule has 1 aliphatic rings. The molecule has 1 atom stereocenters. The van der Waals surface area contributed by atoms with Gasteiger partial charge in [-0.25, -0.2) is 0 Å². The molecule has 0 aliphatic carbocycles. The fraction of sp³-hybridized carbons (Fsp3) is 0.429. The fourth-order valence-corrected chi connectivity index (χ4v) is 2.47. The smallest absolute Gasteiger partial charge is 0.243 e. The highest BCUT2D eigenvalue weighted by Gasteiger charge is 2.32. The molecule has 0 aromatic heterocycles. The van der Waals surface area contributed by atoms with E-state index in [1.54, 1.807) is 19.2 Å². The number of anilines is 1. The van der Waals surface area contributed by atoms with Gasteiger partial charge in [-0.05, 0) is 24.6 Å². The highest BCUT2D eigenvalue weighted by molar-refractivity contribution is 6.01. The van der Waals surface area contributed by atoms with Crippen molar-refractivity contribution in [3.8, 4) is 5.75 Å². The van der Waals surface area contributed by atoms with Crippen molar-refractivity contribution < 1.29 is 14.3 Å². The number of carbonyl (C=O) groups excluding carboxylic acids is 2. The number of benzene rings is 1. The maximum atomic E-state index is 11.8. The number of amides is 2. The zero-order valence-corrected chi connectivity index (χ0v) is 11.7. The van der Waals surface area contributed by atoms with Gasteiger partial charge in [-0.3, -0.25) is 19.8 Å². The summed E-state index contributed by atoms with van der Waals surface area (Å²) in [7, 11) is 1.58. The summed E-state index contributed by atoms with van der Waals surface area (Å²) < 4.78 is 5.30. The molecular formula is C14H19N3O3. The number of carbonyl (C=O) groups is 2. The van der Waals surface area contributed by atoms with Crippen molar-refractivity contribution >= 4 is 17.5 Å². The zero-order valence-electron chi connectivity index (χ0n) is 11.7. The first kappa shape index (κ1) is 14.3. The number of nitrogens with zero attached hydrogens (tertiary/aromatic N) is 1. The molecule has 2 rings (SSSR count). The molecule has 20 heavy (non-hydrogen) atoms. The largest absolute Gasteiger partial charge is 0.496 e. The van der Waals surface area contributed by atoms with Gasteiger partial charge in [0.1, 0.15) is 5.75 Å². The number of hydrogen-bond donors (Lipinski definition) is 2. The van der Waals surface area contributed by atoms with Gasteiger partial charge in [0, 0.05) is 17.8 Å². The van der Waals surface area contributed by atoms with Crippen LogP contribution in [0.3, 0.4) is 0 Å². The zero-order chi connectivity index (χ0) is 14.7. The molecule has 1 aliphatic heterocycles. The second-order valence-corrected chi connectivity index (χ2v) is 4.81. The average molecular weight is 277 g/mol. The van der Waals surface area contributed by atoms with Crippen LogP contribution in [0, 0.1) is 0 Å². The molecule has 1 heterocycles. The summed E-state index contributed by atoms with van der Waals surface area (Å²) in [5, 5.41) is 2.36. The second-order valence-electron chi connectivity index (χ2n) is 4.81. The lowest BCUT2D eigenvalue weighted by Gasteiger charge is -2.33. The monoisotopic (exact) mass is 277 g/mol. The Kier molecular flexibility index (Phi) is 4.24. The van der Waals surface area contributed by atoms with Crippen molar-refractivity contribution in [3.05, 3.63) is 23.8 Å². The van der Waals surface area contributed by atoms with E-state index in [2.05, 4.69) is 5.32 Å². The molecule has 3 N–H and O–H groups in total. The highest BCUT2D eigenvalue weighted by Crippen LogP contribution is 2.24. The van der Waals surface area contributed by atoms with Crippen molar-refractivity contribution in [2.45, 2.75) is 25.9 Å². The standard InChI is InChI=1S/C14H19N3O3/c1-3-11-14(19)16-13(18)8-17(11)7-9-6-10(15)4-5-12(9)20-2/h4-6,11H,3,7-8,15H2,1-2H3,(H,16,18,19). The number of hydrogen-bond acceptors (Lipinski definition) is 5. The van der Waals surface area contributed by atoms with E-state index in [1.807, 2.05) is 17.9 Å². The summed E-state index contributed by atoms with van der Waals surface area (Å²) in [6.07, 6.45) is 0.643. The van der Waals surface area contributed by atoms with Crippen LogP contribution < -0.4 is 15.8 Å². The topological polar surface area (TPSA) is 84.7 Å². The molecule has 0 spiro atoms. The molecule has 108 valence electrons. The molecule has 6 heteroatoms. The lowest BCUT2D eigenvalue weighted by Crippen LogP contribution is -2.57. The summed E-state index contributed by atoms with van der Waals surface area (Å²) >= 11 is 0. The Morgan fingerprint density at radius 3 is 2.85 bits per heavy atom. The fourth-order valence-electron chi connectivity index (χ4n) is 2.47. The predicted octanol–water partition coefficient (Wildman–Crippen LogP) is 0.514. The number of nitrogen functional groups attached to an aromatic ring is 1. The highest BCUT2D eigenvalue weighted by atomic mass is 16.5. The van der Waals surface area contributed by atoms with E-state index in [0.29, 0.717) is 24.4 Å². The lowest BCUT2D eigenvalue weighted by molar-refractivity contribution is -0.140. The van der Waals surface area contributed by atoms with Gasteiger partial charge in [0.25, 0.3) is 0 Å². The van der Waals surface area contributed by atoms with Crippen LogP contribution >= 0.6 is 0 Å². The normalized spacial score (nSPS) is 19.8. The summed E-state index contributed by atoms with van der Waals surface area (Å²) in [5.41, 5.74) is 7.28. The molecular weight excluding hydrogens is 258 g/mol. The van der Waals surface area contributed by atoms with Crippen LogP contribution in [0.4, 0.5) is 5.69 Å². The van der Waals surface area contributed by atoms with Gasteiger partial charge in [-0.15, -0.1) is 0 Å². The Morgan fingerprint density at radius 1 is 1.45 bits per heavy atom. The first-order valence-corrected chi connectivity index (χ1v) is 6.55. The van der Waals surface area contributed by atoms with Gasteiger partial charge in [-0.1, -0.05) is 6.92 Å². The summed E-state index contributed by atoms with van der Waals surface area (Å²) in [6, 6.07) is 5.05. The third kappa shape index (κ3) is 2.91. The van der Waals surface area contributed by atoms with Gasteiger partial charge in [0.2, 0.25) is 11.8 Å². The van der Waals surface area contributed by atoms with Gasteiger partial charge in [-0.2, -0.15) is 0 Å². The minimum absolute atomic E-state index is 0.197. The van der Waals surface area contributed by atoms with Crippen molar-refractivity contribution in [2.75, 3.05) is 19.4 Å². The van der Waals surface area contributed by atoms with Crippen molar-refractivity contribution in [1.29, 1.82) is 0 Å². The van der Waals surface area contributed by atoms with Crippen LogP contribution in [0.5, 0.6) is 5.75 Å². The number of nitrogens with two attached hydrogens (primary N) is 1. The number of methoxy groups -OCH3 is 1. The van der Waals surface area contributed by atoms with Crippen LogP contribution in [-0.4, -0.2) is 36.4 Å². The minimum Gasteiger partial charge on any atom is -0.496 e. The molecule has 1 aromatic carbocycles. The van der Waals surface area contributed by atoms with E-state index in [-0.39, 0.29) is 24.4 Å². The predicted molar refractivity (Wildman–Crippen MR) is 75.0 cm³/mol. The lowest BCUT2D eigenvalue weighted by atomic mass is 10.1. The summed E-state index contributed by atoms with van der Waals surface area (Å²) in [4.78, 5) is 25.2. The molecule has 0 radical (unpaired) electrons. The van der Waals surface area contributed by atoms with E-state index in [1.165, 1.54) is 0 Å². The van der Waals surface area contributed by atoms with E-state index in [4.69, 9.17) is 10.5 Å². The van der Waals surface area contributed by atoms with Crippen molar-refractivity contribution in [1.82, 2.24) is 10.2 Å². The molecule has 6 nitrogen and oxygen atoms in total. The first-order chi connectivity index (χ1) is 9.55. The van der Waals surface area contributed by atoms with E-state index in [9.17, 15) is 9.59 Å². The Bertz CT molecular complexity index is 530. The van der Waals surface area contributed by atoms with E-state index >= 15 is 0 Å². The van der Waals surface area contributed by atoms with Crippen LogP contribution in [-0.2, 0) is 16.1 Å². The Balaban J connectivity index is 2.25. The van der Waals surface area contributed by atoms with Crippen LogP contribution in [0.1, 0.15) is 18.9 Å². The number of rotatable bonds is 4. The molecule has 1 saturated heterocycles. The summed E-state index contributed by atoms with van der Waals surface area (Å²) in [5.74, 6) is 0.182. The molecule has 1 fully saturated rings. The molecule has 2 amide bonds. The number of nitrogens with one attached hydrogen (secondary N) is 1. The third-order valence-electron chi connectivity index (χ3n) is 3.42. The number of piperazine rings is 1. The number of imide groups is 1. The van der Waals surface area contributed by atoms with Crippen LogP contribution in [0.25, 0.3) is 0 Å². The average Bonchev–Trinajstić information content (AvgIpc) is 2.38. The Labute approximate surface area is 117 Å². The quantitative estimate of drug-likeness (QED) is 0.619. The van der Waals surface area contributed by atoms with Crippen LogP contribution in [0.2, 0.25) is 0 Å².